The molecule has 3 aliphatic rings. The molecule has 1 aliphatic carbocycles. The smallest absolute Gasteiger partial charge is 0.318 e. The number of aryl methyl sites for hydroxylation is 3. The molecule has 2 atom stereocenters. The van der Waals surface area contributed by atoms with Crippen molar-refractivity contribution < 1.29 is 9.21 Å². The van der Waals surface area contributed by atoms with Gasteiger partial charge >= 0.3 is 6.03 Å². The first kappa shape index (κ1) is 20.1. The Bertz CT molecular complexity index is 1260. The van der Waals surface area contributed by atoms with E-state index in [0.29, 0.717) is 24.9 Å². The summed E-state index contributed by atoms with van der Waals surface area (Å²) in [4.78, 5) is 19.5. The lowest BCUT2D eigenvalue weighted by Crippen LogP contribution is -2.41. The lowest BCUT2D eigenvalue weighted by atomic mass is 9.82. The van der Waals surface area contributed by atoms with Crippen LogP contribution in [-0.4, -0.2) is 49.0 Å². The van der Waals surface area contributed by atoms with Gasteiger partial charge in [-0.25, -0.2) is 4.79 Å². The van der Waals surface area contributed by atoms with Crippen LogP contribution in [0.25, 0.3) is 17.3 Å². The molecule has 0 radical (unpaired) electrons. The van der Waals surface area contributed by atoms with E-state index in [0.717, 1.165) is 49.2 Å². The number of carbonyl (C=O) groups is 1. The summed E-state index contributed by atoms with van der Waals surface area (Å²) < 4.78 is 7.57. The zero-order valence-corrected chi connectivity index (χ0v) is 18.9. The zero-order chi connectivity index (χ0) is 22.6. The Morgan fingerprint density at radius 2 is 2.12 bits per heavy atom. The summed E-state index contributed by atoms with van der Waals surface area (Å²) >= 11 is 0. The number of fused-ring (bicyclic) bond motifs is 3. The number of aromatic nitrogens is 5. The number of urea groups is 1. The van der Waals surface area contributed by atoms with Gasteiger partial charge in [-0.3, -0.25) is 9.67 Å². The third-order valence-electron chi connectivity index (χ3n) is 7.16. The first-order valence-electron chi connectivity index (χ1n) is 11.6. The SMILES string of the molecule is Cc1nnc(C(C)NC(=O)N2CCC3(CCn4nc(-c5cnc6c(c5)C=CCC6)cc43)C2)o1. The van der Waals surface area contributed by atoms with E-state index >= 15 is 0 Å². The predicted molar refractivity (Wildman–Crippen MR) is 121 cm³/mol. The molecular formula is C24H27N7O2. The maximum Gasteiger partial charge on any atom is 0.318 e. The summed E-state index contributed by atoms with van der Waals surface area (Å²) in [6, 6.07) is 3.96. The van der Waals surface area contributed by atoms with E-state index in [2.05, 4.69) is 49.5 Å². The van der Waals surface area contributed by atoms with Crippen molar-refractivity contribution in [1.29, 1.82) is 0 Å². The molecule has 3 aromatic heterocycles. The van der Waals surface area contributed by atoms with Gasteiger partial charge in [-0.15, -0.1) is 10.2 Å². The highest BCUT2D eigenvalue weighted by Gasteiger charge is 2.47. The molecule has 33 heavy (non-hydrogen) atoms. The Labute approximate surface area is 191 Å². The molecule has 9 nitrogen and oxygen atoms in total. The molecule has 6 rings (SSSR count). The van der Waals surface area contributed by atoms with Crippen LogP contribution in [-0.2, 0) is 18.4 Å². The molecule has 1 N–H and O–H groups in total. The lowest BCUT2D eigenvalue weighted by Gasteiger charge is -2.24. The highest BCUT2D eigenvalue weighted by molar-refractivity contribution is 5.75. The van der Waals surface area contributed by atoms with E-state index < -0.39 is 0 Å². The summed E-state index contributed by atoms with van der Waals surface area (Å²) in [5, 5.41) is 15.8. The second-order valence-corrected chi connectivity index (χ2v) is 9.37. The molecule has 0 aromatic carbocycles. The average Bonchev–Trinajstić information content (AvgIpc) is 3.60. The van der Waals surface area contributed by atoms with Crippen LogP contribution in [0.4, 0.5) is 4.79 Å². The molecule has 0 saturated carbocycles. The Morgan fingerprint density at radius 1 is 1.24 bits per heavy atom. The van der Waals surface area contributed by atoms with Crippen LogP contribution in [0.2, 0.25) is 0 Å². The Hall–Kier alpha value is -3.49. The van der Waals surface area contributed by atoms with Crippen LogP contribution in [0.3, 0.4) is 0 Å². The largest absolute Gasteiger partial charge is 0.423 e. The first-order valence-corrected chi connectivity index (χ1v) is 11.6. The topological polar surface area (TPSA) is 102 Å². The molecule has 0 bridgehead atoms. The second-order valence-electron chi connectivity index (χ2n) is 9.37. The number of hydrogen-bond donors (Lipinski definition) is 1. The summed E-state index contributed by atoms with van der Waals surface area (Å²) in [5.41, 5.74) is 5.54. The number of rotatable bonds is 3. The van der Waals surface area contributed by atoms with Gasteiger partial charge in [0.1, 0.15) is 6.04 Å². The average molecular weight is 446 g/mol. The van der Waals surface area contributed by atoms with Crippen molar-refractivity contribution >= 4 is 12.1 Å². The summed E-state index contributed by atoms with van der Waals surface area (Å²) in [5.74, 6) is 0.915. The van der Waals surface area contributed by atoms with Gasteiger partial charge in [0.25, 0.3) is 0 Å². The third-order valence-corrected chi connectivity index (χ3v) is 7.16. The van der Waals surface area contributed by atoms with E-state index in [1.54, 1.807) is 6.92 Å². The number of amides is 2. The molecule has 9 heteroatoms. The van der Waals surface area contributed by atoms with E-state index in [1.165, 1.54) is 11.3 Å². The minimum Gasteiger partial charge on any atom is -0.423 e. The molecule has 2 unspecified atom stereocenters. The lowest BCUT2D eigenvalue weighted by molar-refractivity contribution is 0.200. The van der Waals surface area contributed by atoms with E-state index in [9.17, 15) is 4.79 Å². The number of pyridine rings is 1. The van der Waals surface area contributed by atoms with Crippen molar-refractivity contribution in [3.05, 3.63) is 53.1 Å². The summed E-state index contributed by atoms with van der Waals surface area (Å²) in [6.45, 7) is 5.87. The second kappa shape index (κ2) is 7.54. The highest BCUT2D eigenvalue weighted by Crippen LogP contribution is 2.44. The Balaban J connectivity index is 1.19. The normalized spacial score (nSPS) is 21.9. The molecule has 1 fully saturated rings. The van der Waals surface area contributed by atoms with Crippen molar-refractivity contribution in [1.82, 2.24) is 35.2 Å². The van der Waals surface area contributed by atoms with Crippen LogP contribution in [0, 0.1) is 6.92 Å². The van der Waals surface area contributed by atoms with E-state index in [-0.39, 0.29) is 17.5 Å². The van der Waals surface area contributed by atoms with Gasteiger partial charge in [0, 0.05) is 55.1 Å². The number of allylic oxidation sites excluding steroid dienone is 1. The number of nitrogens with zero attached hydrogens (tertiary/aromatic N) is 6. The summed E-state index contributed by atoms with van der Waals surface area (Å²) in [7, 11) is 0. The Morgan fingerprint density at radius 3 is 2.97 bits per heavy atom. The highest BCUT2D eigenvalue weighted by atomic mass is 16.4. The molecule has 2 aliphatic heterocycles. The quantitative estimate of drug-likeness (QED) is 0.663. The van der Waals surface area contributed by atoms with Gasteiger partial charge in [0.15, 0.2) is 0 Å². The van der Waals surface area contributed by atoms with Crippen molar-refractivity contribution in [3.8, 4) is 11.3 Å². The number of nitrogens with one attached hydrogen (secondary N) is 1. The Kier molecular flexibility index (Phi) is 4.60. The van der Waals surface area contributed by atoms with Gasteiger partial charge in [-0.05, 0) is 50.3 Å². The zero-order valence-electron chi connectivity index (χ0n) is 18.9. The fraction of sp³-hybridized carbons (Fsp3) is 0.458. The monoisotopic (exact) mass is 445 g/mol. The molecule has 5 heterocycles. The van der Waals surface area contributed by atoms with E-state index in [1.807, 2.05) is 18.0 Å². The molecule has 1 saturated heterocycles. The van der Waals surface area contributed by atoms with Crippen LogP contribution in [0.5, 0.6) is 0 Å². The van der Waals surface area contributed by atoms with Gasteiger partial charge in [-0.2, -0.15) is 5.10 Å². The van der Waals surface area contributed by atoms with Crippen LogP contribution < -0.4 is 5.32 Å². The molecule has 170 valence electrons. The van der Waals surface area contributed by atoms with Crippen molar-refractivity contribution in [3.63, 3.8) is 0 Å². The van der Waals surface area contributed by atoms with Crippen LogP contribution in [0.15, 0.2) is 28.8 Å². The van der Waals surface area contributed by atoms with Crippen LogP contribution in [0.1, 0.15) is 61.0 Å². The van der Waals surface area contributed by atoms with Crippen molar-refractivity contribution in [2.75, 3.05) is 13.1 Å². The maximum absolute atomic E-state index is 12.9. The van der Waals surface area contributed by atoms with Crippen LogP contribution >= 0.6 is 0 Å². The van der Waals surface area contributed by atoms with Gasteiger partial charge < -0.3 is 14.6 Å². The number of hydrogen-bond acceptors (Lipinski definition) is 6. The molecule has 3 aromatic rings. The first-order chi connectivity index (χ1) is 16.0. The number of carbonyl (C=O) groups excluding carboxylic acids is 1. The minimum atomic E-state index is -0.332. The van der Waals surface area contributed by atoms with Gasteiger partial charge in [-0.1, -0.05) is 12.2 Å². The maximum atomic E-state index is 12.9. The summed E-state index contributed by atoms with van der Waals surface area (Å²) in [6.07, 6.45) is 10.3. The molecule has 1 spiro atoms. The minimum absolute atomic E-state index is 0.0472. The fourth-order valence-electron chi connectivity index (χ4n) is 5.32. The van der Waals surface area contributed by atoms with Crippen molar-refractivity contribution in [2.24, 2.45) is 0 Å². The van der Waals surface area contributed by atoms with Crippen molar-refractivity contribution in [2.45, 2.75) is 57.5 Å². The number of likely N-dealkylation sites (tertiary alicyclic amines) is 1. The van der Waals surface area contributed by atoms with E-state index in [4.69, 9.17) is 9.52 Å². The van der Waals surface area contributed by atoms with Gasteiger partial charge in [0.05, 0.1) is 5.69 Å². The standard InChI is InChI=1S/C24H27N7O2/c1-15(22-28-27-16(2)33-22)26-23(32)30-9-7-24(14-30)8-10-31-21(24)12-20(29-31)18-11-17-5-3-4-6-19(17)25-13-18/h3,5,11-13,15H,4,6-10,14H2,1-2H3,(H,26,32). The van der Waals surface area contributed by atoms with Gasteiger partial charge in [0.2, 0.25) is 11.8 Å². The fourth-order valence-corrected chi connectivity index (χ4v) is 5.32. The molecule has 2 amide bonds. The molecular weight excluding hydrogens is 418 g/mol. The predicted octanol–water partition coefficient (Wildman–Crippen LogP) is 3.41. The third kappa shape index (κ3) is 3.42.